The summed E-state index contributed by atoms with van der Waals surface area (Å²) in [6.45, 7) is 0. The number of oxazole rings is 1. The lowest BCUT2D eigenvalue weighted by Crippen LogP contribution is -2.00. The smallest absolute Gasteiger partial charge is 0.227 e. The van der Waals surface area contributed by atoms with Gasteiger partial charge in [-0.2, -0.15) is 0 Å². The zero-order chi connectivity index (χ0) is 35.6. The molecule has 11 aromatic rings. The summed E-state index contributed by atoms with van der Waals surface area (Å²) in [7, 11) is 0. The van der Waals surface area contributed by atoms with Crippen molar-refractivity contribution in [2.24, 2.45) is 0 Å². The summed E-state index contributed by atoms with van der Waals surface area (Å²) < 4.78 is 8.74. The minimum atomic E-state index is 0.623. The van der Waals surface area contributed by atoms with Crippen molar-refractivity contribution in [2.75, 3.05) is 0 Å². The molecule has 0 aliphatic carbocycles. The number of hydrogen-bond donors (Lipinski definition) is 0. The first-order valence-corrected chi connectivity index (χ1v) is 18.7. The monoisotopic (exact) mass is 708 g/mol. The van der Waals surface area contributed by atoms with E-state index in [1.54, 1.807) is 11.3 Å². The van der Waals surface area contributed by atoms with Crippen molar-refractivity contribution in [3.05, 3.63) is 170 Å². The molecule has 0 radical (unpaired) electrons. The number of nitrogens with zero attached hydrogens (tertiary/aromatic N) is 4. The Balaban J connectivity index is 1.13. The van der Waals surface area contributed by atoms with Gasteiger partial charge in [0, 0.05) is 42.4 Å². The van der Waals surface area contributed by atoms with E-state index in [0.717, 1.165) is 66.0 Å². The summed E-state index contributed by atoms with van der Waals surface area (Å²) in [6.07, 6.45) is 0. The van der Waals surface area contributed by atoms with Crippen LogP contribution in [-0.2, 0) is 0 Å². The summed E-state index contributed by atoms with van der Waals surface area (Å²) in [5.74, 6) is 2.52. The van der Waals surface area contributed by atoms with E-state index in [0.29, 0.717) is 23.4 Å². The number of rotatable bonds is 5. The van der Waals surface area contributed by atoms with Gasteiger partial charge in [0.1, 0.15) is 5.52 Å². The molecule has 0 saturated heterocycles. The van der Waals surface area contributed by atoms with Crippen molar-refractivity contribution >= 4 is 64.2 Å². The van der Waals surface area contributed by atoms with E-state index in [1.807, 2.05) is 60.7 Å². The van der Waals surface area contributed by atoms with Crippen LogP contribution in [0.25, 0.3) is 110 Å². The third-order valence-corrected chi connectivity index (χ3v) is 11.2. The number of hydrogen-bond acceptors (Lipinski definition) is 6. The highest BCUT2D eigenvalue weighted by molar-refractivity contribution is 7.26. The molecule has 54 heavy (non-hydrogen) atoms. The minimum absolute atomic E-state index is 0.623. The highest BCUT2D eigenvalue weighted by Gasteiger charge is 2.19. The molecule has 252 valence electrons. The summed E-state index contributed by atoms with van der Waals surface area (Å²) in [5, 5.41) is 6.92. The van der Waals surface area contributed by atoms with Gasteiger partial charge in [-0.25, -0.2) is 19.9 Å². The molecule has 8 aromatic carbocycles. The Hall–Kier alpha value is -7.02. The zero-order valence-electron chi connectivity index (χ0n) is 28.8. The molecule has 3 aromatic heterocycles. The van der Waals surface area contributed by atoms with Crippen molar-refractivity contribution in [2.45, 2.75) is 0 Å². The minimum Gasteiger partial charge on any atom is -0.436 e. The van der Waals surface area contributed by atoms with Gasteiger partial charge in [0.2, 0.25) is 5.89 Å². The lowest BCUT2D eigenvalue weighted by Gasteiger charge is -2.13. The molecular weight excluding hydrogens is 681 g/mol. The highest BCUT2D eigenvalue weighted by Crippen LogP contribution is 2.44. The van der Waals surface area contributed by atoms with Crippen LogP contribution in [0.1, 0.15) is 0 Å². The van der Waals surface area contributed by atoms with Gasteiger partial charge in [-0.05, 0) is 81.2 Å². The van der Waals surface area contributed by atoms with Gasteiger partial charge < -0.3 is 4.42 Å². The number of aromatic nitrogens is 4. The molecule has 0 unspecified atom stereocenters. The molecule has 11 rings (SSSR count). The second-order valence-corrected chi connectivity index (χ2v) is 14.5. The molecule has 0 saturated carbocycles. The first-order valence-electron chi connectivity index (χ1n) is 17.9. The average Bonchev–Trinajstić information content (AvgIpc) is 3.83. The maximum absolute atomic E-state index is 6.36. The molecule has 0 bridgehead atoms. The van der Waals surface area contributed by atoms with Crippen LogP contribution in [0.4, 0.5) is 0 Å². The van der Waals surface area contributed by atoms with E-state index >= 15 is 0 Å². The quantitative estimate of drug-likeness (QED) is 0.178. The van der Waals surface area contributed by atoms with Crippen LogP contribution in [-0.4, -0.2) is 19.9 Å². The second kappa shape index (κ2) is 12.3. The predicted octanol–water partition coefficient (Wildman–Crippen LogP) is 13.0. The molecular formula is C48H28N4OS. The molecule has 0 amide bonds. The summed E-state index contributed by atoms with van der Waals surface area (Å²) in [4.78, 5) is 20.2. The molecule has 6 heteroatoms. The lowest BCUT2D eigenvalue weighted by molar-refractivity contribution is 0.620. The molecule has 0 fully saturated rings. The van der Waals surface area contributed by atoms with E-state index in [1.165, 1.54) is 20.2 Å². The molecule has 0 spiro atoms. The fourth-order valence-corrected chi connectivity index (χ4v) is 8.66. The van der Waals surface area contributed by atoms with Crippen LogP contribution in [0, 0.1) is 0 Å². The Morgan fingerprint density at radius 2 is 1.06 bits per heavy atom. The highest BCUT2D eigenvalue weighted by atomic mass is 32.1. The Bertz CT molecular complexity index is 3220. The van der Waals surface area contributed by atoms with Crippen LogP contribution in [0.2, 0.25) is 0 Å². The average molecular weight is 709 g/mol. The van der Waals surface area contributed by atoms with Crippen molar-refractivity contribution in [1.82, 2.24) is 19.9 Å². The summed E-state index contributed by atoms with van der Waals surface area (Å²) in [6, 6.07) is 58.9. The first kappa shape index (κ1) is 30.6. The van der Waals surface area contributed by atoms with Gasteiger partial charge in [-0.3, -0.25) is 0 Å². The summed E-state index contributed by atoms with van der Waals surface area (Å²) >= 11 is 1.78. The molecule has 0 atom stereocenters. The topological polar surface area (TPSA) is 64.7 Å². The Morgan fingerprint density at radius 1 is 0.389 bits per heavy atom. The fraction of sp³-hybridized carbons (Fsp3) is 0. The van der Waals surface area contributed by atoms with E-state index in [4.69, 9.17) is 24.4 Å². The Labute approximate surface area is 313 Å². The van der Waals surface area contributed by atoms with Crippen molar-refractivity contribution in [3.8, 4) is 56.7 Å². The Morgan fingerprint density at radius 3 is 1.87 bits per heavy atom. The number of benzene rings is 8. The summed E-state index contributed by atoms with van der Waals surface area (Å²) in [5.41, 5.74) is 7.65. The second-order valence-electron chi connectivity index (χ2n) is 13.5. The van der Waals surface area contributed by atoms with Crippen LogP contribution in [0.3, 0.4) is 0 Å². The largest absolute Gasteiger partial charge is 0.436 e. The third-order valence-electron chi connectivity index (χ3n) is 10.1. The van der Waals surface area contributed by atoms with Gasteiger partial charge in [0.05, 0.1) is 0 Å². The molecule has 0 aliphatic heterocycles. The molecule has 3 heterocycles. The molecule has 0 aliphatic rings. The molecule has 5 nitrogen and oxygen atoms in total. The lowest BCUT2D eigenvalue weighted by atomic mass is 9.92. The SMILES string of the molecule is c1ccc(-c2nc(-c3ccc4ccccc4c3)nc(-c3cc(-c4cccc5sc6cc7nc(-c8ccccc8)oc7cc6c45)c4ccccc4c3)n2)cc1. The number of thiophene rings is 1. The van der Waals surface area contributed by atoms with E-state index < -0.39 is 0 Å². The van der Waals surface area contributed by atoms with E-state index in [9.17, 15) is 0 Å². The Kier molecular flexibility index (Phi) is 6.97. The van der Waals surface area contributed by atoms with Gasteiger partial charge in [-0.1, -0.05) is 121 Å². The molecule has 0 N–H and O–H groups in total. The van der Waals surface area contributed by atoms with Gasteiger partial charge >= 0.3 is 0 Å². The maximum atomic E-state index is 6.36. The van der Waals surface area contributed by atoms with Crippen LogP contribution in [0.5, 0.6) is 0 Å². The zero-order valence-corrected chi connectivity index (χ0v) is 29.6. The standard InChI is InChI=1S/C48H28N4OS/c1-3-13-30(14-4-1)45-50-46(34-23-22-29-12-7-8-17-32(29)24-34)52-47(51-45)35-25-33-18-9-10-19-36(33)38(26-35)37-20-11-21-42-44(37)39-27-41-40(28-43(39)54-42)49-48(53-41)31-15-5-2-6-16-31/h1-28H. The van der Waals surface area contributed by atoms with Crippen molar-refractivity contribution < 1.29 is 4.42 Å². The van der Waals surface area contributed by atoms with Crippen molar-refractivity contribution in [3.63, 3.8) is 0 Å². The van der Waals surface area contributed by atoms with E-state index in [2.05, 4.69) is 109 Å². The van der Waals surface area contributed by atoms with Crippen LogP contribution >= 0.6 is 11.3 Å². The van der Waals surface area contributed by atoms with Crippen LogP contribution < -0.4 is 0 Å². The number of fused-ring (bicyclic) bond motifs is 6. The fourth-order valence-electron chi connectivity index (χ4n) is 7.52. The van der Waals surface area contributed by atoms with Gasteiger partial charge in [-0.15, -0.1) is 11.3 Å². The van der Waals surface area contributed by atoms with E-state index in [-0.39, 0.29) is 0 Å². The maximum Gasteiger partial charge on any atom is 0.227 e. The van der Waals surface area contributed by atoms with Gasteiger partial charge in [0.15, 0.2) is 23.1 Å². The predicted molar refractivity (Wildman–Crippen MR) is 222 cm³/mol. The van der Waals surface area contributed by atoms with Gasteiger partial charge in [0.25, 0.3) is 0 Å². The normalized spacial score (nSPS) is 11.7. The third kappa shape index (κ3) is 5.15. The van der Waals surface area contributed by atoms with Crippen LogP contribution in [0.15, 0.2) is 174 Å². The van der Waals surface area contributed by atoms with Crippen molar-refractivity contribution in [1.29, 1.82) is 0 Å². The first-order chi connectivity index (χ1) is 26.7.